The molecular formula is C17H16BrN3O5S. The van der Waals surface area contributed by atoms with Gasteiger partial charge in [-0.05, 0) is 34.1 Å². The second-order valence-electron chi connectivity index (χ2n) is 5.89. The Morgan fingerprint density at radius 3 is 2.63 bits per heavy atom. The molecule has 2 aromatic rings. The molecule has 1 aliphatic heterocycles. The average Bonchev–Trinajstić information content (AvgIpc) is 3.19. The molecule has 3 rings (SSSR count). The molecule has 0 radical (unpaired) electrons. The van der Waals surface area contributed by atoms with Crippen molar-refractivity contribution in [3.63, 3.8) is 0 Å². The minimum atomic E-state index is -1.21. The van der Waals surface area contributed by atoms with Crippen LogP contribution < -0.4 is 15.8 Å². The Labute approximate surface area is 167 Å². The molecular weight excluding hydrogens is 438 g/mol. The van der Waals surface area contributed by atoms with E-state index in [-0.39, 0.29) is 23.5 Å². The Morgan fingerprint density at radius 1 is 1.30 bits per heavy atom. The molecule has 1 aliphatic rings. The number of likely N-dealkylation sites (tertiary alicyclic amines) is 1. The number of anilines is 1. The minimum absolute atomic E-state index is 0.0678. The molecule has 0 bridgehead atoms. The molecule has 1 aromatic carbocycles. The molecule has 1 fully saturated rings. The number of nitrogens with zero attached hydrogens (tertiary/aromatic N) is 1. The largest absolute Gasteiger partial charge is 0.488 e. The summed E-state index contributed by atoms with van der Waals surface area (Å²) in [5.74, 6) is -0.608. The Balaban J connectivity index is 1.74. The lowest BCUT2D eigenvalue weighted by atomic mass is 10.1. The van der Waals surface area contributed by atoms with Gasteiger partial charge in [0.1, 0.15) is 22.8 Å². The maximum atomic E-state index is 12.7. The molecule has 0 spiro atoms. The van der Waals surface area contributed by atoms with E-state index in [1.807, 2.05) is 18.2 Å². The number of carbonyl (C=O) groups is 3. The number of hydrogen-bond donors (Lipinski definition) is 3. The first kappa shape index (κ1) is 19.2. The van der Waals surface area contributed by atoms with Gasteiger partial charge in [0.15, 0.2) is 0 Å². The number of halogens is 1. The number of nitrogens with one attached hydrogen (secondary N) is 1. The first-order valence-corrected chi connectivity index (χ1v) is 9.57. The van der Waals surface area contributed by atoms with E-state index < -0.39 is 30.1 Å². The van der Waals surface area contributed by atoms with E-state index >= 15 is 0 Å². The lowest BCUT2D eigenvalue weighted by Crippen LogP contribution is -2.42. The molecule has 27 heavy (non-hydrogen) atoms. The highest BCUT2D eigenvalue weighted by atomic mass is 79.9. The van der Waals surface area contributed by atoms with Crippen LogP contribution in [-0.2, 0) is 4.79 Å². The normalized spacial score (nSPS) is 18.9. The lowest BCUT2D eigenvalue weighted by molar-refractivity contribution is -0.119. The van der Waals surface area contributed by atoms with Crippen LogP contribution in [0, 0.1) is 0 Å². The highest BCUT2D eigenvalue weighted by Gasteiger charge is 2.41. The number of nitrogens with two attached hydrogens (primary N) is 1. The number of amides is 3. The van der Waals surface area contributed by atoms with Gasteiger partial charge in [-0.15, -0.1) is 11.3 Å². The predicted molar refractivity (Wildman–Crippen MR) is 103 cm³/mol. The van der Waals surface area contributed by atoms with Gasteiger partial charge in [0.25, 0.3) is 5.91 Å². The first-order valence-electron chi connectivity index (χ1n) is 7.96. The molecule has 4 N–H and O–H groups in total. The number of rotatable bonds is 5. The van der Waals surface area contributed by atoms with Crippen molar-refractivity contribution in [2.24, 2.45) is 5.73 Å². The fourth-order valence-electron chi connectivity index (χ4n) is 2.89. The van der Waals surface area contributed by atoms with Crippen LogP contribution in [0.1, 0.15) is 16.1 Å². The fraction of sp³-hybridized carbons (Fsp3) is 0.235. The number of carbonyl (C=O) groups excluding carboxylic acids is 2. The van der Waals surface area contributed by atoms with E-state index in [1.54, 1.807) is 18.2 Å². The smallest absolute Gasteiger partial charge is 0.408 e. The first-order chi connectivity index (χ1) is 12.8. The van der Waals surface area contributed by atoms with Crippen LogP contribution in [-0.4, -0.2) is 46.6 Å². The average molecular weight is 454 g/mol. The van der Waals surface area contributed by atoms with E-state index in [2.05, 4.69) is 21.2 Å². The van der Waals surface area contributed by atoms with Crippen molar-refractivity contribution in [1.29, 1.82) is 0 Å². The van der Waals surface area contributed by atoms with Gasteiger partial charge < -0.3 is 20.9 Å². The van der Waals surface area contributed by atoms with Gasteiger partial charge in [-0.2, -0.15) is 0 Å². The fourth-order valence-corrected chi connectivity index (χ4v) is 4.29. The van der Waals surface area contributed by atoms with Crippen molar-refractivity contribution in [3.05, 3.63) is 45.1 Å². The standard InChI is InChI=1S/C17H16BrN3O5S/c18-13-7-11(14(27-13)15(19)22)20-16(23)12-6-10(8-21(12)17(24)25)26-9-4-2-1-3-5-9/h1-5,7,10,12H,6,8H2,(H2,19,22)(H,20,23)(H,24,25)/t10-,12+/m1/s1. The zero-order valence-electron chi connectivity index (χ0n) is 13.9. The van der Waals surface area contributed by atoms with Crippen molar-refractivity contribution >= 4 is 50.9 Å². The molecule has 1 saturated heterocycles. The van der Waals surface area contributed by atoms with Gasteiger partial charge in [0.2, 0.25) is 5.91 Å². The molecule has 10 heteroatoms. The number of ether oxygens (including phenoxy) is 1. The Hall–Kier alpha value is -2.59. The Morgan fingerprint density at radius 2 is 2.00 bits per heavy atom. The quantitative estimate of drug-likeness (QED) is 0.642. The number of primary amides is 1. The van der Waals surface area contributed by atoms with Gasteiger partial charge in [0, 0.05) is 6.42 Å². The lowest BCUT2D eigenvalue weighted by Gasteiger charge is -2.20. The third kappa shape index (κ3) is 4.40. The molecule has 0 aliphatic carbocycles. The molecule has 0 unspecified atom stereocenters. The van der Waals surface area contributed by atoms with E-state index in [0.29, 0.717) is 9.54 Å². The molecule has 2 heterocycles. The van der Waals surface area contributed by atoms with Crippen molar-refractivity contribution in [1.82, 2.24) is 4.90 Å². The van der Waals surface area contributed by atoms with Gasteiger partial charge in [0.05, 0.1) is 16.0 Å². The van der Waals surface area contributed by atoms with Gasteiger partial charge in [-0.25, -0.2) is 4.79 Å². The summed E-state index contributed by atoms with van der Waals surface area (Å²) in [7, 11) is 0. The van der Waals surface area contributed by atoms with Gasteiger partial charge >= 0.3 is 6.09 Å². The van der Waals surface area contributed by atoms with E-state index in [4.69, 9.17) is 10.5 Å². The molecule has 3 amide bonds. The van der Waals surface area contributed by atoms with Crippen molar-refractivity contribution in [2.45, 2.75) is 18.6 Å². The number of para-hydroxylation sites is 1. The van der Waals surface area contributed by atoms with Crippen LogP contribution in [0.25, 0.3) is 0 Å². The molecule has 142 valence electrons. The molecule has 1 aromatic heterocycles. The summed E-state index contributed by atoms with van der Waals surface area (Å²) < 4.78 is 6.41. The van der Waals surface area contributed by atoms with Crippen molar-refractivity contribution < 1.29 is 24.2 Å². The van der Waals surface area contributed by atoms with Crippen LogP contribution in [0.3, 0.4) is 0 Å². The molecule has 2 atom stereocenters. The molecule has 8 nitrogen and oxygen atoms in total. The zero-order chi connectivity index (χ0) is 19.6. The second kappa shape index (κ2) is 7.97. The van der Waals surface area contributed by atoms with E-state index in [9.17, 15) is 19.5 Å². The van der Waals surface area contributed by atoms with Crippen LogP contribution in [0.2, 0.25) is 0 Å². The summed E-state index contributed by atoms with van der Waals surface area (Å²) in [4.78, 5) is 37.0. The number of benzene rings is 1. The summed E-state index contributed by atoms with van der Waals surface area (Å²) >= 11 is 4.33. The summed E-state index contributed by atoms with van der Waals surface area (Å²) in [5.41, 5.74) is 5.57. The summed E-state index contributed by atoms with van der Waals surface area (Å²) in [6.07, 6.45) is -1.47. The molecule has 0 saturated carbocycles. The number of carboxylic acid groups (broad SMARTS) is 1. The van der Waals surface area contributed by atoms with E-state index in [1.165, 1.54) is 0 Å². The highest BCUT2D eigenvalue weighted by Crippen LogP contribution is 2.32. The highest BCUT2D eigenvalue weighted by molar-refractivity contribution is 9.11. The maximum absolute atomic E-state index is 12.7. The maximum Gasteiger partial charge on any atom is 0.408 e. The SMILES string of the molecule is NC(=O)c1sc(Br)cc1NC(=O)[C@@H]1C[C@@H](Oc2ccccc2)CN1C(=O)O. The van der Waals surface area contributed by atoms with Crippen LogP contribution in [0.15, 0.2) is 40.2 Å². The van der Waals surface area contributed by atoms with Crippen molar-refractivity contribution in [3.8, 4) is 5.75 Å². The minimum Gasteiger partial charge on any atom is -0.488 e. The Kier molecular flexibility index (Phi) is 5.66. The summed E-state index contributed by atoms with van der Waals surface area (Å²) in [6.45, 7) is 0.0678. The third-order valence-corrected chi connectivity index (χ3v) is 5.69. The van der Waals surface area contributed by atoms with Crippen LogP contribution in [0.5, 0.6) is 5.75 Å². The monoisotopic (exact) mass is 453 g/mol. The second-order valence-corrected chi connectivity index (χ2v) is 8.32. The van der Waals surface area contributed by atoms with Gasteiger partial charge in [-0.1, -0.05) is 18.2 Å². The summed E-state index contributed by atoms with van der Waals surface area (Å²) in [5, 5.41) is 12.0. The summed E-state index contributed by atoms with van der Waals surface area (Å²) in [6, 6.07) is 9.61. The predicted octanol–water partition coefficient (Wildman–Crippen LogP) is 2.75. The topological polar surface area (TPSA) is 122 Å². The third-order valence-electron chi connectivity index (χ3n) is 4.04. The zero-order valence-corrected chi connectivity index (χ0v) is 16.3. The van der Waals surface area contributed by atoms with Crippen molar-refractivity contribution in [2.75, 3.05) is 11.9 Å². The van der Waals surface area contributed by atoms with Crippen LogP contribution in [0.4, 0.5) is 10.5 Å². The van der Waals surface area contributed by atoms with Crippen LogP contribution >= 0.6 is 27.3 Å². The Bertz CT molecular complexity index is 873. The number of thiophene rings is 1. The number of hydrogen-bond acceptors (Lipinski definition) is 5. The van der Waals surface area contributed by atoms with E-state index in [0.717, 1.165) is 16.2 Å². The van der Waals surface area contributed by atoms with Gasteiger partial charge in [-0.3, -0.25) is 14.5 Å².